The van der Waals surface area contributed by atoms with E-state index in [1.807, 2.05) is 25.0 Å². The van der Waals surface area contributed by atoms with Gasteiger partial charge in [-0.15, -0.1) is 0 Å². The van der Waals surface area contributed by atoms with Crippen molar-refractivity contribution in [1.29, 1.82) is 0 Å². The summed E-state index contributed by atoms with van der Waals surface area (Å²) < 4.78 is 1.72. The highest BCUT2D eigenvalue weighted by atomic mass is 32.2. The van der Waals surface area contributed by atoms with Crippen LogP contribution in [-0.4, -0.2) is 39.0 Å². The van der Waals surface area contributed by atoms with Crippen molar-refractivity contribution in [3.8, 4) is 0 Å². The number of hydrogen-bond acceptors (Lipinski definition) is 4. The summed E-state index contributed by atoms with van der Waals surface area (Å²) in [6.07, 6.45) is 5.66. The number of aryl methyl sites for hydroxylation is 1. The highest BCUT2D eigenvalue weighted by molar-refractivity contribution is 7.99. The minimum absolute atomic E-state index is 0.444. The van der Waals surface area contributed by atoms with Gasteiger partial charge in [0.2, 0.25) is 0 Å². The first kappa shape index (κ1) is 12.0. The number of hydrogen-bond donors (Lipinski definition) is 2. The van der Waals surface area contributed by atoms with Gasteiger partial charge in [0.15, 0.2) is 0 Å². The molecule has 2 unspecified atom stereocenters. The van der Waals surface area contributed by atoms with Crippen molar-refractivity contribution in [2.24, 2.45) is 7.05 Å². The molecule has 4 nitrogen and oxygen atoms in total. The van der Waals surface area contributed by atoms with Crippen molar-refractivity contribution >= 4 is 11.8 Å². The van der Waals surface area contributed by atoms with Gasteiger partial charge in [0, 0.05) is 37.1 Å². The Balaban J connectivity index is 1.76. The number of thioether (sulfide) groups is 1. The summed E-state index contributed by atoms with van der Waals surface area (Å²) in [5.41, 5.74) is 0.887. The Morgan fingerprint density at radius 3 is 3.25 bits per heavy atom. The van der Waals surface area contributed by atoms with Crippen molar-refractivity contribution < 1.29 is 5.11 Å². The van der Waals surface area contributed by atoms with E-state index in [1.54, 1.807) is 10.9 Å². The number of aliphatic hydroxyl groups excluding tert-OH is 1. The van der Waals surface area contributed by atoms with Crippen molar-refractivity contribution in [2.75, 3.05) is 18.1 Å². The summed E-state index contributed by atoms with van der Waals surface area (Å²) in [6, 6.07) is 0.560. The second-order valence-electron chi connectivity index (χ2n) is 4.29. The zero-order valence-corrected chi connectivity index (χ0v) is 10.4. The zero-order valence-electron chi connectivity index (χ0n) is 9.59. The standard InChI is InChI=1S/C11H19N3OS/c1-14-7-9(5-13-14)11(15)6-12-10-3-2-4-16-8-10/h5,7,10-12,15H,2-4,6,8H2,1H3. The summed E-state index contributed by atoms with van der Waals surface area (Å²) in [5, 5.41) is 17.4. The highest BCUT2D eigenvalue weighted by Gasteiger charge is 2.15. The average Bonchev–Trinajstić information content (AvgIpc) is 2.74. The molecular weight excluding hydrogens is 222 g/mol. The summed E-state index contributed by atoms with van der Waals surface area (Å²) in [5.74, 6) is 2.45. The fourth-order valence-corrected chi connectivity index (χ4v) is 3.02. The first-order valence-electron chi connectivity index (χ1n) is 5.73. The maximum atomic E-state index is 9.94. The minimum atomic E-state index is -0.444. The van der Waals surface area contributed by atoms with Gasteiger partial charge in [-0.2, -0.15) is 16.9 Å². The van der Waals surface area contributed by atoms with Crippen molar-refractivity contribution in [2.45, 2.75) is 25.0 Å². The Bertz CT molecular complexity index is 323. The normalized spacial score (nSPS) is 23.2. The van der Waals surface area contributed by atoms with Crippen LogP contribution in [-0.2, 0) is 7.05 Å². The molecule has 0 spiro atoms. The van der Waals surface area contributed by atoms with Crippen LogP contribution in [0.4, 0.5) is 0 Å². The van der Waals surface area contributed by atoms with Crippen LogP contribution >= 0.6 is 11.8 Å². The lowest BCUT2D eigenvalue weighted by molar-refractivity contribution is 0.170. The van der Waals surface area contributed by atoms with Gasteiger partial charge in [0.25, 0.3) is 0 Å². The second kappa shape index (κ2) is 5.70. The van der Waals surface area contributed by atoms with E-state index in [9.17, 15) is 5.11 Å². The number of aromatic nitrogens is 2. The van der Waals surface area contributed by atoms with E-state index < -0.39 is 6.10 Å². The van der Waals surface area contributed by atoms with Crippen molar-refractivity contribution in [3.63, 3.8) is 0 Å². The summed E-state index contributed by atoms with van der Waals surface area (Å²) in [7, 11) is 1.86. The van der Waals surface area contributed by atoms with Gasteiger partial charge in [-0.25, -0.2) is 0 Å². The molecule has 0 aliphatic carbocycles. The maximum absolute atomic E-state index is 9.94. The van der Waals surface area contributed by atoms with Crippen LogP contribution in [0.25, 0.3) is 0 Å². The van der Waals surface area contributed by atoms with Crippen molar-refractivity contribution in [1.82, 2.24) is 15.1 Å². The molecule has 1 fully saturated rings. The number of aliphatic hydroxyl groups is 1. The average molecular weight is 241 g/mol. The van der Waals surface area contributed by atoms with Crippen LogP contribution < -0.4 is 5.32 Å². The summed E-state index contributed by atoms with van der Waals surface area (Å²) in [6.45, 7) is 0.622. The molecule has 5 heteroatoms. The minimum Gasteiger partial charge on any atom is -0.387 e. The zero-order chi connectivity index (χ0) is 11.4. The predicted molar refractivity (Wildman–Crippen MR) is 66.5 cm³/mol. The molecule has 1 aliphatic rings. The van der Waals surface area contributed by atoms with E-state index in [-0.39, 0.29) is 0 Å². The van der Waals surface area contributed by atoms with Gasteiger partial charge in [-0.1, -0.05) is 0 Å². The molecule has 1 aromatic rings. The molecule has 2 N–H and O–H groups in total. The van der Waals surface area contributed by atoms with E-state index in [0.717, 1.165) is 5.56 Å². The molecule has 1 aromatic heterocycles. The first-order chi connectivity index (χ1) is 7.75. The highest BCUT2D eigenvalue weighted by Crippen LogP contribution is 2.18. The molecule has 16 heavy (non-hydrogen) atoms. The molecule has 0 bridgehead atoms. The lowest BCUT2D eigenvalue weighted by Crippen LogP contribution is -2.36. The summed E-state index contributed by atoms with van der Waals surface area (Å²) >= 11 is 1.99. The number of nitrogens with zero attached hydrogens (tertiary/aromatic N) is 2. The predicted octanol–water partition coefficient (Wildman–Crippen LogP) is 0.939. The van der Waals surface area contributed by atoms with Gasteiger partial charge in [0.05, 0.1) is 12.3 Å². The molecule has 0 radical (unpaired) electrons. The van der Waals surface area contributed by atoms with Crippen molar-refractivity contribution in [3.05, 3.63) is 18.0 Å². The van der Waals surface area contributed by atoms with Crippen LogP contribution in [0.2, 0.25) is 0 Å². The molecular formula is C11H19N3OS. The van der Waals surface area contributed by atoms with Crippen LogP contribution in [0.15, 0.2) is 12.4 Å². The van der Waals surface area contributed by atoms with E-state index in [1.165, 1.54) is 24.3 Å². The summed E-state index contributed by atoms with van der Waals surface area (Å²) in [4.78, 5) is 0. The van der Waals surface area contributed by atoms with Crippen LogP contribution in [0.3, 0.4) is 0 Å². The Kier molecular flexibility index (Phi) is 4.26. The van der Waals surface area contributed by atoms with Gasteiger partial charge in [0.1, 0.15) is 0 Å². The molecule has 2 rings (SSSR count). The lowest BCUT2D eigenvalue weighted by Gasteiger charge is -2.23. The monoisotopic (exact) mass is 241 g/mol. The topological polar surface area (TPSA) is 50.1 Å². The third kappa shape index (κ3) is 3.23. The van der Waals surface area contributed by atoms with E-state index in [4.69, 9.17) is 0 Å². The molecule has 1 saturated heterocycles. The van der Waals surface area contributed by atoms with Gasteiger partial charge < -0.3 is 10.4 Å². The Labute approximate surface area is 100 Å². The first-order valence-corrected chi connectivity index (χ1v) is 6.89. The molecule has 2 heterocycles. The lowest BCUT2D eigenvalue weighted by atomic mass is 10.1. The third-order valence-corrected chi connectivity index (χ3v) is 4.09. The third-order valence-electron chi connectivity index (χ3n) is 2.87. The SMILES string of the molecule is Cn1cc(C(O)CNC2CCCSC2)cn1. The van der Waals surface area contributed by atoms with Gasteiger partial charge in [-0.3, -0.25) is 4.68 Å². The fourth-order valence-electron chi connectivity index (χ4n) is 1.91. The quantitative estimate of drug-likeness (QED) is 0.823. The second-order valence-corrected chi connectivity index (χ2v) is 5.44. The maximum Gasteiger partial charge on any atom is 0.0944 e. The molecule has 0 saturated carbocycles. The number of rotatable bonds is 4. The molecule has 2 atom stereocenters. The van der Waals surface area contributed by atoms with Crippen LogP contribution in [0.1, 0.15) is 24.5 Å². The van der Waals surface area contributed by atoms with E-state index in [0.29, 0.717) is 12.6 Å². The largest absolute Gasteiger partial charge is 0.387 e. The van der Waals surface area contributed by atoms with Gasteiger partial charge >= 0.3 is 0 Å². The van der Waals surface area contributed by atoms with Crippen LogP contribution in [0.5, 0.6) is 0 Å². The van der Waals surface area contributed by atoms with Crippen LogP contribution in [0, 0.1) is 0 Å². The Hall–Kier alpha value is -0.520. The van der Waals surface area contributed by atoms with E-state index >= 15 is 0 Å². The Morgan fingerprint density at radius 2 is 2.62 bits per heavy atom. The molecule has 90 valence electrons. The fraction of sp³-hybridized carbons (Fsp3) is 0.727. The molecule has 0 amide bonds. The smallest absolute Gasteiger partial charge is 0.0944 e. The molecule has 1 aliphatic heterocycles. The Morgan fingerprint density at radius 1 is 1.75 bits per heavy atom. The van der Waals surface area contributed by atoms with Gasteiger partial charge in [-0.05, 0) is 18.6 Å². The van der Waals surface area contributed by atoms with E-state index in [2.05, 4.69) is 10.4 Å². The molecule has 0 aromatic carbocycles. The number of nitrogens with one attached hydrogen (secondary N) is 1.